The smallest absolute Gasteiger partial charge is 0.409 e. The average molecular weight is 152 g/mol. The molecule has 0 aromatic carbocycles. The Morgan fingerprint density at radius 3 is 2.33 bits per heavy atom. The molecule has 0 heterocycles. The van der Waals surface area contributed by atoms with Crippen LogP contribution in [0.1, 0.15) is 13.3 Å². The molecule has 0 spiro atoms. The molecule has 0 atom stereocenters. The van der Waals surface area contributed by atoms with Gasteiger partial charge in [0.1, 0.15) is 5.76 Å². The Morgan fingerprint density at radius 1 is 1.78 bits per heavy atom. The van der Waals surface area contributed by atoms with E-state index in [4.69, 9.17) is 9.79 Å². The first kappa shape index (κ1) is 8.69. The molecule has 0 amide bonds. The number of allylic oxidation sites excluding steroid dienone is 1. The van der Waals surface area contributed by atoms with Crippen molar-refractivity contribution in [3.8, 4) is 0 Å². The van der Waals surface area contributed by atoms with Crippen molar-refractivity contribution in [1.29, 1.82) is 0 Å². The molecule has 0 unspecified atom stereocenters. The van der Waals surface area contributed by atoms with Crippen molar-refractivity contribution in [1.82, 2.24) is 0 Å². The summed E-state index contributed by atoms with van der Waals surface area (Å²) in [4.78, 5) is 16.3. The molecule has 0 radical (unpaired) electrons. The number of phosphoric acid groups is 1. The minimum absolute atomic E-state index is 0.100. The molecular formula is C4H9O4P. The third kappa shape index (κ3) is 5.56. The molecule has 4 nitrogen and oxygen atoms in total. The van der Waals surface area contributed by atoms with Crippen LogP contribution in [-0.2, 0) is 9.09 Å². The van der Waals surface area contributed by atoms with Crippen LogP contribution in [0.4, 0.5) is 0 Å². The first-order chi connectivity index (χ1) is 3.95. The lowest BCUT2D eigenvalue weighted by molar-refractivity contribution is 0.239. The summed E-state index contributed by atoms with van der Waals surface area (Å²) in [7, 11) is -4.34. The third-order valence-electron chi connectivity index (χ3n) is 0.642. The van der Waals surface area contributed by atoms with Crippen LogP contribution in [0.5, 0.6) is 0 Å². The predicted octanol–water partition coefficient (Wildman–Crippen LogP) is 1.02. The van der Waals surface area contributed by atoms with Crippen LogP contribution in [0, 0.1) is 0 Å². The molecule has 0 aromatic heterocycles. The molecule has 0 saturated carbocycles. The molecule has 2 N–H and O–H groups in total. The maximum Gasteiger partial charge on any atom is 0.524 e. The molecule has 0 aliphatic heterocycles. The van der Waals surface area contributed by atoms with Crippen molar-refractivity contribution in [2.75, 3.05) is 0 Å². The Morgan fingerprint density at radius 2 is 2.22 bits per heavy atom. The van der Waals surface area contributed by atoms with Gasteiger partial charge in [-0.25, -0.2) is 4.57 Å². The van der Waals surface area contributed by atoms with E-state index in [0.29, 0.717) is 6.42 Å². The minimum atomic E-state index is -4.34. The van der Waals surface area contributed by atoms with Crippen LogP contribution in [0.2, 0.25) is 0 Å². The molecular weight excluding hydrogens is 143 g/mol. The van der Waals surface area contributed by atoms with Crippen LogP contribution in [0.15, 0.2) is 12.3 Å². The van der Waals surface area contributed by atoms with Crippen LogP contribution < -0.4 is 0 Å². The Balaban J connectivity index is 3.75. The quantitative estimate of drug-likeness (QED) is 0.468. The highest BCUT2D eigenvalue weighted by Crippen LogP contribution is 2.38. The van der Waals surface area contributed by atoms with Gasteiger partial charge in [-0.15, -0.1) is 0 Å². The molecule has 0 aromatic rings. The van der Waals surface area contributed by atoms with E-state index in [1.54, 1.807) is 6.92 Å². The van der Waals surface area contributed by atoms with Crippen molar-refractivity contribution < 1.29 is 18.9 Å². The van der Waals surface area contributed by atoms with Crippen LogP contribution >= 0.6 is 7.82 Å². The first-order valence-electron chi connectivity index (χ1n) is 2.38. The van der Waals surface area contributed by atoms with Crippen molar-refractivity contribution in [2.45, 2.75) is 13.3 Å². The summed E-state index contributed by atoms with van der Waals surface area (Å²) in [6.45, 7) is 4.94. The van der Waals surface area contributed by atoms with Gasteiger partial charge in [-0.1, -0.05) is 13.5 Å². The number of hydrogen-bond donors (Lipinski definition) is 2. The lowest BCUT2D eigenvalue weighted by atomic mass is 10.4. The fourth-order valence-electron chi connectivity index (χ4n) is 0.233. The highest BCUT2D eigenvalue weighted by atomic mass is 31.2. The lowest BCUT2D eigenvalue weighted by Gasteiger charge is -2.05. The second-order valence-electron chi connectivity index (χ2n) is 1.47. The fourth-order valence-corrected chi connectivity index (χ4v) is 0.698. The lowest BCUT2D eigenvalue weighted by Crippen LogP contribution is -1.85. The van der Waals surface area contributed by atoms with Crippen LogP contribution in [0.3, 0.4) is 0 Å². The third-order valence-corrected chi connectivity index (χ3v) is 1.14. The summed E-state index contributed by atoms with van der Waals surface area (Å²) in [5, 5.41) is 0. The predicted molar refractivity (Wildman–Crippen MR) is 32.6 cm³/mol. The summed E-state index contributed by atoms with van der Waals surface area (Å²) in [5.41, 5.74) is 0. The Kier molecular flexibility index (Phi) is 2.91. The van der Waals surface area contributed by atoms with Gasteiger partial charge >= 0.3 is 7.82 Å². The standard InChI is InChI=1S/C4H9O4P/c1-3-4(2)8-9(5,6)7/h2-3H2,1H3,(H2,5,6,7). The van der Waals surface area contributed by atoms with Crippen molar-refractivity contribution in [3.63, 3.8) is 0 Å². The zero-order valence-corrected chi connectivity index (χ0v) is 5.97. The largest absolute Gasteiger partial charge is 0.524 e. The van der Waals surface area contributed by atoms with Gasteiger partial charge in [0, 0.05) is 6.42 Å². The summed E-state index contributed by atoms with van der Waals surface area (Å²) < 4.78 is 14.1. The molecule has 0 saturated heterocycles. The number of hydrogen-bond acceptors (Lipinski definition) is 2. The highest BCUT2D eigenvalue weighted by Gasteiger charge is 2.14. The SMILES string of the molecule is C=C(CC)OP(=O)(O)O. The van der Waals surface area contributed by atoms with E-state index < -0.39 is 7.82 Å². The second kappa shape index (κ2) is 3.01. The molecule has 9 heavy (non-hydrogen) atoms. The van der Waals surface area contributed by atoms with Crippen LogP contribution in [0.25, 0.3) is 0 Å². The Hall–Kier alpha value is -0.310. The Labute approximate surface area is 53.4 Å². The van der Waals surface area contributed by atoms with Gasteiger partial charge in [0.05, 0.1) is 0 Å². The summed E-state index contributed by atoms with van der Waals surface area (Å²) in [6, 6.07) is 0. The van der Waals surface area contributed by atoms with Gasteiger partial charge < -0.3 is 4.52 Å². The van der Waals surface area contributed by atoms with E-state index in [-0.39, 0.29) is 5.76 Å². The van der Waals surface area contributed by atoms with Gasteiger partial charge in [-0.05, 0) is 0 Å². The summed E-state index contributed by atoms with van der Waals surface area (Å²) in [5.74, 6) is 0.100. The molecule has 5 heteroatoms. The topological polar surface area (TPSA) is 66.8 Å². The van der Waals surface area contributed by atoms with Gasteiger partial charge in [-0.2, -0.15) is 0 Å². The number of phosphoric ester groups is 1. The van der Waals surface area contributed by atoms with E-state index in [1.807, 2.05) is 0 Å². The van der Waals surface area contributed by atoms with Gasteiger partial charge in [0.25, 0.3) is 0 Å². The maximum absolute atomic E-state index is 10.0. The monoisotopic (exact) mass is 152 g/mol. The van der Waals surface area contributed by atoms with E-state index in [0.717, 1.165) is 0 Å². The van der Waals surface area contributed by atoms with Gasteiger partial charge in [0.2, 0.25) is 0 Å². The van der Waals surface area contributed by atoms with Crippen molar-refractivity contribution in [3.05, 3.63) is 12.3 Å². The zero-order chi connectivity index (χ0) is 7.49. The molecule has 0 aliphatic rings. The van der Waals surface area contributed by atoms with E-state index in [9.17, 15) is 4.57 Å². The molecule has 54 valence electrons. The van der Waals surface area contributed by atoms with E-state index >= 15 is 0 Å². The molecule has 0 aliphatic carbocycles. The normalized spacial score (nSPS) is 11.0. The second-order valence-corrected chi connectivity index (χ2v) is 2.64. The van der Waals surface area contributed by atoms with Crippen molar-refractivity contribution in [2.24, 2.45) is 0 Å². The first-order valence-corrected chi connectivity index (χ1v) is 3.91. The minimum Gasteiger partial charge on any atom is -0.409 e. The molecule has 0 fully saturated rings. The summed E-state index contributed by atoms with van der Waals surface area (Å²) in [6.07, 6.45) is 0.408. The fraction of sp³-hybridized carbons (Fsp3) is 0.500. The molecule has 0 bridgehead atoms. The zero-order valence-electron chi connectivity index (χ0n) is 5.07. The Bertz CT molecular complexity index is 147. The maximum atomic E-state index is 10.0. The van der Waals surface area contributed by atoms with Gasteiger partial charge in [0.15, 0.2) is 0 Å². The number of rotatable bonds is 3. The van der Waals surface area contributed by atoms with E-state index in [2.05, 4.69) is 11.1 Å². The average Bonchev–Trinajstić information content (AvgIpc) is 1.62. The van der Waals surface area contributed by atoms with Gasteiger partial charge in [-0.3, -0.25) is 9.79 Å². The van der Waals surface area contributed by atoms with Crippen LogP contribution in [-0.4, -0.2) is 9.79 Å². The highest BCUT2D eigenvalue weighted by molar-refractivity contribution is 7.46. The summed E-state index contributed by atoms with van der Waals surface area (Å²) >= 11 is 0. The van der Waals surface area contributed by atoms with Crippen molar-refractivity contribution >= 4 is 7.82 Å². The van der Waals surface area contributed by atoms with E-state index in [1.165, 1.54) is 0 Å². The molecule has 0 rings (SSSR count).